The van der Waals surface area contributed by atoms with Crippen LogP contribution in [0.5, 0.6) is 11.5 Å². The van der Waals surface area contributed by atoms with Crippen molar-refractivity contribution in [2.24, 2.45) is 0 Å². The standard InChI is InChI=1S/C38H58N2O4/c1-3-5-7-9-11-13-15-17-31-43-35-23-19-33(20-24-35)37(41)39-27-29-40(30-28-39)38(42)34-21-25-36(26-22-34)44-32-18-16-14-12-10-8-6-4-2/h19-26H,3-18,27-32H2,1-2H3. The zero-order valence-electron chi connectivity index (χ0n) is 27.7. The highest BCUT2D eigenvalue weighted by Gasteiger charge is 2.25. The molecular weight excluding hydrogens is 548 g/mol. The van der Waals surface area contributed by atoms with Crippen LogP contribution in [0.3, 0.4) is 0 Å². The fourth-order valence-corrected chi connectivity index (χ4v) is 5.72. The second-order valence-electron chi connectivity index (χ2n) is 12.3. The van der Waals surface area contributed by atoms with Crippen LogP contribution in [0, 0.1) is 0 Å². The molecule has 244 valence electrons. The molecule has 1 fully saturated rings. The molecule has 0 aromatic heterocycles. The summed E-state index contributed by atoms with van der Waals surface area (Å²) in [7, 11) is 0. The lowest BCUT2D eigenvalue weighted by atomic mass is 10.1. The topological polar surface area (TPSA) is 59.1 Å². The molecule has 0 radical (unpaired) electrons. The number of piperazine rings is 1. The quantitative estimate of drug-likeness (QED) is 0.125. The van der Waals surface area contributed by atoms with Crippen molar-refractivity contribution >= 4 is 11.8 Å². The van der Waals surface area contributed by atoms with Crippen molar-refractivity contribution in [3.63, 3.8) is 0 Å². The Labute approximate surface area is 267 Å². The van der Waals surface area contributed by atoms with E-state index in [0.29, 0.717) is 50.5 Å². The highest BCUT2D eigenvalue weighted by atomic mass is 16.5. The highest BCUT2D eigenvalue weighted by Crippen LogP contribution is 2.19. The third-order valence-corrected chi connectivity index (χ3v) is 8.59. The number of carbonyl (C=O) groups excluding carboxylic acids is 2. The lowest BCUT2D eigenvalue weighted by molar-refractivity contribution is 0.0535. The molecule has 0 aliphatic carbocycles. The first kappa shape index (κ1) is 35.5. The Balaban J connectivity index is 1.29. The Hall–Kier alpha value is -3.02. The predicted octanol–water partition coefficient (Wildman–Crippen LogP) is 9.32. The number of hydrogen-bond acceptors (Lipinski definition) is 4. The summed E-state index contributed by atoms with van der Waals surface area (Å²) in [5.74, 6) is 1.63. The lowest BCUT2D eigenvalue weighted by Gasteiger charge is -2.35. The maximum Gasteiger partial charge on any atom is 0.253 e. The number of amides is 2. The monoisotopic (exact) mass is 606 g/mol. The second kappa shape index (κ2) is 21.6. The second-order valence-corrected chi connectivity index (χ2v) is 12.3. The summed E-state index contributed by atoms with van der Waals surface area (Å²) in [6, 6.07) is 15.0. The van der Waals surface area contributed by atoms with Crippen molar-refractivity contribution in [1.82, 2.24) is 9.80 Å². The van der Waals surface area contributed by atoms with Crippen LogP contribution >= 0.6 is 0 Å². The van der Waals surface area contributed by atoms with Crippen LogP contribution in [0.1, 0.15) is 137 Å². The Kier molecular flexibility index (Phi) is 17.4. The van der Waals surface area contributed by atoms with E-state index in [2.05, 4.69) is 13.8 Å². The van der Waals surface area contributed by atoms with Gasteiger partial charge in [0.05, 0.1) is 13.2 Å². The fourth-order valence-electron chi connectivity index (χ4n) is 5.72. The van der Waals surface area contributed by atoms with E-state index in [9.17, 15) is 9.59 Å². The molecular formula is C38H58N2O4. The number of benzene rings is 2. The van der Waals surface area contributed by atoms with Crippen LogP contribution in [-0.4, -0.2) is 61.0 Å². The van der Waals surface area contributed by atoms with Gasteiger partial charge in [0.1, 0.15) is 11.5 Å². The minimum Gasteiger partial charge on any atom is -0.494 e. The molecule has 44 heavy (non-hydrogen) atoms. The van der Waals surface area contributed by atoms with E-state index in [-0.39, 0.29) is 11.8 Å². The van der Waals surface area contributed by atoms with Gasteiger partial charge in [0.15, 0.2) is 0 Å². The van der Waals surface area contributed by atoms with Crippen molar-refractivity contribution in [1.29, 1.82) is 0 Å². The zero-order valence-corrected chi connectivity index (χ0v) is 27.7. The average molecular weight is 607 g/mol. The minimum atomic E-state index is 0.00437. The molecule has 3 rings (SSSR count). The van der Waals surface area contributed by atoms with Crippen LogP contribution in [0.4, 0.5) is 0 Å². The molecule has 2 aromatic rings. The van der Waals surface area contributed by atoms with E-state index >= 15 is 0 Å². The molecule has 2 amide bonds. The van der Waals surface area contributed by atoms with Crippen LogP contribution < -0.4 is 9.47 Å². The van der Waals surface area contributed by atoms with E-state index in [1.54, 1.807) is 0 Å². The molecule has 1 saturated heterocycles. The first-order chi connectivity index (χ1) is 21.6. The van der Waals surface area contributed by atoms with Crippen LogP contribution in [0.25, 0.3) is 0 Å². The third-order valence-electron chi connectivity index (χ3n) is 8.59. The molecule has 0 saturated carbocycles. The van der Waals surface area contributed by atoms with Gasteiger partial charge in [-0.25, -0.2) is 0 Å². The van der Waals surface area contributed by atoms with E-state index in [4.69, 9.17) is 9.47 Å². The molecule has 2 aromatic carbocycles. The van der Waals surface area contributed by atoms with Crippen molar-refractivity contribution in [2.75, 3.05) is 39.4 Å². The number of hydrogen-bond donors (Lipinski definition) is 0. The normalized spacial score (nSPS) is 13.2. The van der Waals surface area contributed by atoms with Gasteiger partial charge in [0.25, 0.3) is 11.8 Å². The van der Waals surface area contributed by atoms with E-state index in [0.717, 1.165) is 24.3 Å². The predicted molar refractivity (Wildman–Crippen MR) is 181 cm³/mol. The number of unbranched alkanes of at least 4 members (excludes halogenated alkanes) is 14. The molecule has 1 heterocycles. The largest absolute Gasteiger partial charge is 0.494 e. The van der Waals surface area contributed by atoms with Gasteiger partial charge in [0.2, 0.25) is 0 Å². The number of nitrogens with zero attached hydrogens (tertiary/aromatic N) is 2. The number of carbonyl (C=O) groups is 2. The maximum absolute atomic E-state index is 13.1. The van der Waals surface area contributed by atoms with Gasteiger partial charge in [-0.2, -0.15) is 0 Å². The maximum atomic E-state index is 13.1. The van der Waals surface area contributed by atoms with Crippen molar-refractivity contribution in [3.05, 3.63) is 59.7 Å². The van der Waals surface area contributed by atoms with Gasteiger partial charge < -0.3 is 19.3 Å². The van der Waals surface area contributed by atoms with Crippen LogP contribution in [0.15, 0.2) is 48.5 Å². The summed E-state index contributed by atoms with van der Waals surface area (Å²) >= 11 is 0. The molecule has 1 aliphatic heterocycles. The van der Waals surface area contributed by atoms with Gasteiger partial charge in [-0.05, 0) is 61.4 Å². The molecule has 0 unspecified atom stereocenters. The fraction of sp³-hybridized carbons (Fsp3) is 0.632. The summed E-state index contributed by atoms with van der Waals surface area (Å²) in [6.07, 6.45) is 20.4. The van der Waals surface area contributed by atoms with Crippen molar-refractivity contribution < 1.29 is 19.1 Å². The molecule has 6 heteroatoms. The Morgan fingerprint density at radius 3 is 1.09 bits per heavy atom. The first-order valence-electron chi connectivity index (χ1n) is 17.7. The van der Waals surface area contributed by atoms with Crippen molar-refractivity contribution in [3.8, 4) is 11.5 Å². The smallest absolute Gasteiger partial charge is 0.253 e. The summed E-state index contributed by atoms with van der Waals surface area (Å²) in [6.45, 7) is 8.05. The van der Waals surface area contributed by atoms with E-state index < -0.39 is 0 Å². The van der Waals surface area contributed by atoms with Gasteiger partial charge in [-0.3, -0.25) is 9.59 Å². The average Bonchev–Trinajstić information content (AvgIpc) is 3.07. The minimum absolute atomic E-state index is 0.00437. The summed E-state index contributed by atoms with van der Waals surface area (Å²) in [5.41, 5.74) is 1.32. The third kappa shape index (κ3) is 13.3. The van der Waals surface area contributed by atoms with Crippen LogP contribution in [-0.2, 0) is 0 Å². The molecule has 1 aliphatic rings. The van der Waals surface area contributed by atoms with Gasteiger partial charge in [-0.1, -0.05) is 104 Å². The first-order valence-corrected chi connectivity index (χ1v) is 17.7. The number of rotatable bonds is 22. The molecule has 0 bridgehead atoms. The molecule has 6 nitrogen and oxygen atoms in total. The highest BCUT2D eigenvalue weighted by molar-refractivity contribution is 5.96. The summed E-state index contributed by atoms with van der Waals surface area (Å²) < 4.78 is 11.8. The molecule has 0 spiro atoms. The van der Waals surface area contributed by atoms with Gasteiger partial charge in [0, 0.05) is 37.3 Å². The number of ether oxygens (including phenoxy) is 2. The van der Waals surface area contributed by atoms with Gasteiger partial charge in [-0.15, -0.1) is 0 Å². The van der Waals surface area contributed by atoms with Gasteiger partial charge >= 0.3 is 0 Å². The zero-order chi connectivity index (χ0) is 31.2. The SMILES string of the molecule is CCCCCCCCCCOc1ccc(C(=O)N2CCN(C(=O)c3ccc(OCCCCCCCCCC)cc3)CC2)cc1. The Bertz CT molecular complexity index is 960. The molecule has 0 atom stereocenters. The Morgan fingerprint density at radius 2 is 0.773 bits per heavy atom. The lowest BCUT2D eigenvalue weighted by Crippen LogP contribution is -2.50. The Morgan fingerprint density at radius 1 is 0.477 bits per heavy atom. The molecule has 0 N–H and O–H groups in total. The summed E-state index contributed by atoms with van der Waals surface area (Å²) in [5, 5.41) is 0. The van der Waals surface area contributed by atoms with E-state index in [1.807, 2.05) is 58.3 Å². The van der Waals surface area contributed by atoms with E-state index in [1.165, 1.54) is 89.9 Å². The summed E-state index contributed by atoms with van der Waals surface area (Å²) in [4.78, 5) is 29.8. The van der Waals surface area contributed by atoms with Crippen LogP contribution in [0.2, 0.25) is 0 Å². The van der Waals surface area contributed by atoms with Crippen molar-refractivity contribution in [2.45, 2.75) is 117 Å².